The van der Waals surface area contributed by atoms with Crippen LogP contribution in [0.25, 0.3) is 0 Å². The van der Waals surface area contributed by atoms with E-state index in [4.69, 9.17) is 0 Å². The number of hydrogen-bond acceptors (Lipinski definition) is 1. The maximum atomic E-state index is 9.50. The summed E-state index contributed by atoms with van der Waals surface area (Å²) in [6.07, 6.45) is 5.40. The SMILES string of the molecule is CC1CCC(C#N)(Cc2cccc(Br)c2)CC1. The van der Waals surface area contributed by atoms with Crippen molar-refractivity contribution in [3.8, 4) is 6.07 Å². The zero-order valence-corrected chi connectivity index (χ0v) is 11.8. The molecule has 1 saturated carbocycles. The van der Waals surface area contributed by atoms with Gasteiger partial charge in [-0.25, -0.2) is 0 Å². The lowest BCUT2D eigenvalue weighted by Gasteiger charge is -2.33. The Morgan fingerprint density at radius 3 is 2.71 bits per heavy atom. The first-order valence-electron chi connectivity index (χ1n) is 6.29. The highest BCUT2D eigenvalue weighted by atomic mass is 79.9. The number of benzene rings is 1. The highest BCUT2D eigenvalue weighted by Crippen LogP contribution is 2.41. The van der Waals surface area contributed by atoms with Crippen molar-refractivity contribution in [1.29, 1.82) is 5.26 Å². The molecule has 0 aromatic heterocycles. The molecular formula is C15H18BrN. The normalized spacial score (nSPS) is 28.6. The molecular weight excluding hydrogens is 274 g/mol. The quantitative estimate of drug-likeness (QED) is 0.774. The van der Waals surface area contributed by atoms with Crippen molar-refractivity contribution in [3.05, 3.63) is 34.3 Å². The lowest BCUT2D eigenvalue weighted by Crippen LogP contribution is -2.27. The van der Waals surface area contributed by atoms with Gasteiger partial charge in [-0.2, -0.15) is 5.26 Å². The summed E-state index contributed by atoms with van der Waals surface area (Å²) in [7, 11) is 0. The van der Waals surface area contributed by atoms with Gasteiger partial charge in [0, 0.05) is 4.47 Å². The number of nitrogens with zero attached hydrogens (tertiary/aromatic N) is 1. The third-order valence-corrected chi connectivity index (χ3v) is 4.39. The molecule has 1 aliphatic rings. The first-order chi connectivity index (χ1) is 8.13. The predicted octanol–water partition coefficient (Wildman–Crippen LogP) is 4.71. The minimum atomic E-state index is -0.118. The molecule has 0 atom stereocenters. The third kappa shape index (κ3) is 3.10. The van der Waals surface area contributed by atoms with Gasteiger partial charge in [0.05, 0.1) is 11.5 Å². The van der Waals surface area contributed by atoms with Crippen LogP contribution in [-0.2, 0) is 6.42 Å². The fourth-order valence-electron chi connectivity index (χ4n) is 2.68. The van der Waals surface area contributed by atoms with E-state index in [2.05, 4.69) is 47.1 Å². The topological polar surface area (TPSA) is 23.8 Å². The van der Waals surface area contributed by atoms with Crippen LogP contribution in [0, 0.1) is 22.7 Å². The van der Waals surface area contributed by atoms with Crippen molar-refractivity contribution in [2.45, 2.75) is 39.0 Å². The van der Waals surface area contributed by atoms with E-state index in [0.29, 0.717) is 0 Å². The zero-order valence-electron chi connectivity index (χ0n) is 10.2. The highest BCUT2D eigenvalue weighted by molar-refractivity contribution is 9.10. The van der Waals surface area contributed by atoms with E-state index < -0.39 is 0 Å². The molecule has 0 amide bonds. The molecule has 0 radical (unpaired) electrons. The maximum Gasteiger partial charge on any atom is 0.0693 e. The second-order valence-corrected chi connectivity index (χ2v) is 6.30. The van der Waals surface area contributed by atoms with Gasteiger partial charge in [-0.15, -0.1) is 0 Å². The highest BCUT2D eigenvalue weighted by Gasteiger charge is 2.34. The molecule has 0 saturated heterocycles. The molecule has 2 rings (SSSR count). The molecule has 0 bridgehead atoms. The van der Waals surface area contributed by atoms with Crippen molar-refractivity contribution < 1.29 is 0 Å². The van der Waals surface area contributed by atoms with Crippen LogP contribution in [0.5, 0.6) is 0 Å². The van der Waals surface area contributed by atoms with E-state index in [1.165, 1.54) is 18.4 Å². The first-order valence-corrected chi connectivity index (χ1v) is 7.09. The van der Waals surface area contributed by atoms with E-state index in [-0.39, 0.29) is 5.41 Å². The fourth-order valence-corrected chi connectivity index (χ4v) is 3.13. The Hall–Kier alpha value is -0.810. The van der Waals surface area contributed by atoms with Crippen LogP contribution in [-0.4, -0.2) is 0 Å². The predicted molar refractivity (Wildman–Crippen MR) is 73.5 cm³/mol. The molecule has 0 N–H and O–H groups in total. The summed E-state index contributed by atoms with van der Waals surface area (Å²) in [5.74, 6) is 0.791. The van der Waals surface area contributed by atoms with Crippen LogP contribution in [0.4, 0.5) is 0 Å². The van der Waals surface area contributed by atoms with E-state index >= 15 is 0 Å². The van der Waals surface area contributed by atoms with Gasteiger partial charge in [-0.05, 0) is 55.7 Å². The molecule has 0 heterocycles. The van der Waals surface area contributed by atoms with Crippen LogP contribution in [0.15, 0.2) is 28.7 Å². The van der Waals surface area contributed by atoms with E-state index in [1.807, 2.05) is 6.07 Å². The van der Waals surface area contributed by atoms with Gasteiger partial charge in [0.1, 0.15) is 0 Å². The number of hydrogen-bond donors (Lipinski definition) is 0. The monoisotopic (exact) mass is 291 g/mol. The van der Waals surface area contributed by atoms with Crippen LogP contribution in [0.2, 0.25) is 0 Å². The minimum absolute atomic E-state index is 0.118. The fraction of sp³-hybridized carbons (Fsp3) is 0.533. The van der Waals surface area contributed by atoms with Crippen molar-refractivity contribution in [2.75, 3.05) is 0 Å². The first kappa shape index (κ1) is 12.6. The lowest BCUT2D eigenvalue weighted by molar-refractivity contribution is 0.219. The van der Waals surface area contributed by atoms with E-state index in [9.17, 15) is 5.26 Å². The summed E-state index contributed by atoms with van der Waals surface area (Å²) in [4.78, 5) is 0. The molecule has 17 heavy (non-hydrogen) atoms. The average Bonchev–Trinajstić information content (AvgIpc) is 2.33. The van der Waals surface area contributed by atoms with Crippen LogP contribution in [0.3, 0.4) is 0 Å². The summed E-state index contributed by atoms with van der Waals surface area (Å²) in [6, 6.07) is 10.9. The van der Waals surface area contributed by atoms with Gasteiger partial charge in [0.15, 0.2) is 0 Å². The maximum absolute atomic E-state index is 9.50. The number of nitriles is 1. The molecule has 2 heteroatoms. The molecule has 1 aliphatic carbocycles. The second-order valence-electron chi connectivity index (χ2n) is 5.38. The van der Waals surface area contributed by atoms with Crippen molar-refractivity contribution >= 4 is 15.9 Å². The van der Waals surface area contributed by atoms with Crippen LogP contribution >= 0.6 is 15.9 Å². The van der Waals surface area contributed by atoms with Crippen LogP contribution < -0.4 is 0 Å². The Kier molecular flexibility index (Phi) is 3.89. The second kappa shape index (κ2) is 5.23. The van der Waals surface area contributed by atoms with Gasteiger partial charge in [-0.3, -0.25) is 0 Å². The van der Waals surface area contributed by atoms with Gasteiger partial charge in [0.25, 0.3) is 0 Å². The summed E-state index contributed by atoms with van der Waals surface area (Å²) < 4.78 is 1.10. The standard InChI is InChI=1S/C15H18BrN/c1-12-5-7-15(11-17,8-6-12)10-13-3-2-4-14(16)9-13/h2-4,9,12H,5-8,10H2,1H3. The molecule has 1 fully saturated rings. The smallest absolute Gasteiger partial charge is 0.0693 e. The van der Waals surface area contributed by atoms with E-state index in [0.717, 1.165) is 29.7 Å². The zero-order chi connectivity index (χ0) is 12.3. The summed E-state index contributed by atoms with van der Waals surface area (Å²) in [5, 5.41) is 9.50. The lowest BCUT2D eigenvalue weighted by atomic mass is 9.69. The molecule has 0 aliphatic heterocycles. The van der Waals surface area contributed by atoms with Crippen molar-refractivity contribution in [1.82, 2.24) is 0 Å². The summed E-state index contributed by atoms with van der Waals surface area (Å²) in [6.45, 7) is 2.29. The average molecular weight is 292 g/mol. The van der Waals surface area contributed by atoms with Gasteiger partial charge >= 0.3 is 0 Å². The molecule has 1 nitrogen and oxygen atoms in total. The van der Waals surface area contributed by atoms with Gasteiger partial charge in [-0.1, -0.05) is 35.0 Å². The number of halogens is 1. The Balaban J connectivity index is 2.13. The summed E-state index contributed by atoms with van der Waals surface area (Å²) >= 11 is 3.49. The third-order valence-electron chi connectivity index (χ3n) is 3.90. The molecule has 1 aromatic rings. The van der Waals surface area contributed by atoms with Crippen molar-refractivity contribution in [3.63, 3.8) is 0 Å². The Morgan fingerprint density at radius 1 is 1.41 bits per heavy atom. The van der Waals surface area contributed by atoms with Crippen molar-refractivity contribution in [2.24, 2.45) is 11.3 Å². The van der Waals surface area contributed by atoms with Gasteiger partial charge < -0.3 is 0 Å². The summed E-state index contributed by atoms with van der Waals surface area (Å²) in [5.41, 5.74) is 1.16. The van der Waals surface area contributed by atoms with E-state index in [1.54, 1.807) is 0 Å². The van der Waals surface area contributed by atoms with Gasteiger partial charge in [0.2, 0.25) is 0 Å². The number of rotatable bonds is 2. The Labute approximate surface area is 112 Å². The minimum Gasteiger partial charge on any atom is -0.198 e. The largest absolute Gasteiger partial charge is 0.198 e. The molecule has 90 valence electrons. The molecule has 1 aromatic carbocycles. The molecule has 0 unspecified atom stereocenters. The Morgan fingerprint density at radius 2 is 2.12 bits per heavy atom. The Bertz CT molecular complexity index is 425. The van der Waals surface area contributed by atoms with Crippen LogP contribution in [0.1, 0.15) is 38.2 Å². The molecule has 0 spiro atoms.